The summed E-state index contributed by atoms with van der Waals surface area (Å²) in [5.41, 5.74) is 0.985. The molecule has 12 heteroatoms. The first-order chi connectivity index (χ1) is 19.5. The van der Waals surface area contributed by atoms with Gasteiger partial charge in [-0.1, -0.05) is 24.3 Å². The molecular formula is C28H15O7PbS4. The fraction of sp³-hybridized carbons (Fsp3) is 0.0357. The predicted octanol–water partition coefficient (Wildman–Crippen LogP) is 8.16. The van der Waals surface area contributed by atoms with E-state index in [9.17, 15) is 14.4 Å². The first kappa shape index (κ1) is 27.6. The van der Waals surface area contributed by atoms with Gasteiger partial charge < -0.3 is 0 Å². The second-order valence-corrected chi connectivity index (χ2v) is 18.0. The zero-order valence-electron chi connectivity index (χ0n) is 20.2. The van der Waals surface area contributed by atoms with E-state index in [0.29, 0.717) is 39.5 Å². The van der Waals surface area contributed by atoms with Crippen molar-refractivity contribution in [1.29, 1.82) is 0 Å². The van der Waals surface area contributed by atoms with E-state index in [1.807, 2.05) is 42.5 Å². The molecule has 2 heterocycles. The summed E-state index contributed by atoms with van der Waals surface area (Å²) in [7, 11) is 4.70. The summed E-state index contributed by atoms with van der Waals surface area (Å²) in [5, 5.41) is -0.940. The summed E-state index contributed by atoms with van der Waals surface area (Å²) in [5.74, 6) is 0.791. The first-order valence-corrected chi connectivity index (χ1v) is 20.7. The molecule has 0 amide bonds. The van der Waals surface area contributed by atoms with E-state index in [1.165, 1.54) is 18.1 Å². The molecule has 1 atom stereocenters. The van der Waals surface area contributed by atoms with Crippen LogP contribution in [0.4, 0.5) is 9.59 Å². The number of carbonyl (C=O) groups excluding carboxylic acids is 3. The summed E-state index contributed by atoms with van der Waals surface area (Å²) in [6, 6.07) is 26.6. The zero-order valence-corrected chi connectivity index (χ0v) is 27.3. The number of rotatable bonds is 5. The van der Waals surface area contributed by atoms with Crippen LogP contribution in [-0.2, 0) is 10.3 Å². The molecule has 0 N–H and O–H groups in total. The van der Waals surface area contributed by atoms with Crippen LogP contribution >= 0.6 is 39.7 Å². The standard InChI is InChI=1S/C28H16O7S4.Pb/c29-25-19-8-4-5-9-20(19)28(35-25)21-12-10-16(32-26(30)37-36)14-23(21)34-24-15-17(11-13-22(24)28)33-27(31)39-38-18-6-2-1-3-7-18;/h1-15,36H;/q;+1/p-1. The van der Waals surface area contributed by atoms with Gasteiger partial charge in [0, 0.05) is 15.7 Å². The van der Waals surface area contributed by atoms with Crippen LogP contribution in [-0.4, -0.2) is 40.8 Å². The van der Waals surface area contributed by atoms with Gasteiger partial charge in [0.2, 0.25) is 0 Å². The summed E-state index contributed by atoms with van der Waals surface area (Å²) in [4.78, 5) is 38.6. The van der Waals surface area contributed by atoms with Crippen molar-refractivity contribution in [3.8, 4) is 23.0 Å². The Kier molecular flexibility index (Phi) is 8.08. The molecule has 2 aliphatic rings. The van der Waals surface area contributed by atoms with E-state index in [-0.39, 0.29) is 5.75 Å². The summed E-state index contributed by atoms with van der Waals surface area (Å²) >= 11 is 0.783. The van der Waals surface area contributed by atoms with Gasteiger partial charge in [0.15, 0.2) is 0 Å². The molecule has 4 aromatic carbocycles. The maximum absolute atomic E-state index is 13.0. The van der Waals surface area contributed by atoms with Crippen molar-refractivity contribution in [2.24, 2.45) is 0 Å². The van der Waals surface area contributed by atoms with Gasteiger partial charge in [-0.15, -0.1) is 0 Å². The third kappa shape index (κ3) is 5.25. The SMILES string of the molecule is O=C(Oc1ccc2c(c1)Oc1cc(OC(=O)SSc3ccccc3)ccc1C21OC(=O)c2ccccc21)S[S][Pb]. The zero-order chi connectivity index (χ0) is 27.7. The third-order valence-corrected chi connectivity index (χ3v) is 12.0. The minimum atomic E-state index is -1.29. The van der Waals surface area contributed by atoms with Gasteiger partial charge in [0.05, 0.1) is 0 Å². The molecule has 2 aliphatic heterocycles. The van der Waals surface area contributed by atoms with Gasteiger partial charge in [-0.05, 0) is 22.9 Å². The first-order valence-electron chi connectivity index (χ1n) is 11.6. The molecule has 6 rings (SSSR count). The van der Waals surface area contributed by atoms with Crippen molar-refractivity contribution in [3.05, 3.63) is 113 Å². The molecule has 0 fully saturated rings. The van der Waals surface area contributed by atoms with E-state index in [1.54, 1.807) is 48.5 Å². The number of esters is 1. The van der Waals surface area contributed by atoms with Crippen LogP contribution in [0.25, 0.3) is 0 Å². The van der Waals surface area contributed by atoms with Gasteiger partial charge in [0.25, 0.3) is 0 Å². The van der Waals surface area contributed by atoms with Crippen molar-refractivity contribution in [2.45, 2.75) is 10.5 Å². The number of hydrogen-bond acceptors (Lipinski definition) is 11. The molecule has 3 radical (unpaired) electrons. The van der Waals surface area contributed by atoms with E-state index >= 15 is 0 Å². The summed E-state index contributed by atoms with van der Waals surface area (Å²) < 4.78 is 23.4. The van der Waals surface area contributed by atoms with Crippen LogP contribution in [0, 0.1) is 0 Å². The monoisotopic (exact) mass is 799 g/mol. The Labute approximate surface area is 258 Å². The molecule has 0 saturated heterocycles. The Bertz CT molecular complexity index is 1650. The van der Waals surface area contributed by atoms with Crippen molar-refractivity contribution < 1.29 is 33.3 Å². The van der Waals surface area contributed by atoms with Crippen LogP contribution in [0.15, 0.2) is 95.9 Å². The van der Waals surface area contributed by atoms with Crippen molar-refractivity contribution in [3.63, 3.8) is 0 Å². The molecular weight excluding hydrogens is 784 g/mol. The maximum atomic E-state index is 13.0. The Morgan fingerprint density at radius 2 is 1.32 bits per heavy atom. The fourth-order valence-corrected chi connectivity index (χ4v) is 8.96. The van der Waals surface area contributed by atoms with Crippen molar-refractivity contribution in [1.82, 2.24) is 0 Å². The average Bonchev–Trinajstić information content (AvgIpc) is 3.25. The van der Waals surface area contributed by atoms with Gasteiger partial charge in [-0.25, -0.2) is 4.79 Å². The number of fused-ring (bicyclic) bond motifs is 6. The molecule has 0 bridgehead atoms. The van der Waals surface area contributed by atoms with Crippen molar-refractivity contribution >= 4 is 80.6 Å². The van der Waals surface area contributed by atoms with E-state index in [2.05, 4.69) is 0 Å². The Balaban J connectivity index is 1.36. The second-order valence-electron chi connectivity index (χ2n) is 8.38. The number of ether oxygens (including phenoxy) is 4. The average molecular weight is 799 g/mol. The van der Waals surface area contributed by atoms with Crippen LogP contribution in [0.5, 0.6) is 23.0 Å². The quantitative estimate of drug-likeness (QED) is 0.111. The third-order valence-electron chi connectivity index (χ3n) is 6.12. The molecule has 0 saturated carbocycles. The predicted molar refractivity (Wildman–Crippen MR) is 158 cm³/mol. The van der Waals surface area contributed by atoms with E-state index < -0.39 is 22.2 Å². The molecule has 40 heavy (non-hydrogen) atoms. The topological polar surface area (TPSA) is 88.1 Å². The molecule has 0 aliphatic carbocycles. The molecule has 1 unspecified atom stereocenters. The van der Waals surface area contributed by atoms with Gasteiger partial charge in [0.1, 0.15) is 0 Å². The normalized spacial score (nSPS) is 16.3. The molecule has 1 spiro atoms. The number of carbonyl (C=O) groups is 3. The Morgan fingerprint density at radius 3 is 1.98 bits per heavy atom. The molecule has 197 valence electrons. The van der Waals surface area contributed by atoms with E-state index in [0.717, 1.165) is 50.7 Å². The number of benzene rings is 4. The van der Waals surface area contributed by atoms with E-state index in [4.69, 9.17) is 18.9 Å². The molecule has 7 nitrogen and oxygen atoms in total. The van der Waals surface area contributed by atoms with Crippen molar-refractivity contribution in [2.75, 3.05) is 0 Å². The summed E-state index contributed by atoms with van der Waals surface area (Å²) in [6.07, 6.45) is 0. The van der Waals surface area contributed by atoms with Crippen LogP contribution in [0.3, 0.4) is 0 Å². The van der Waals surface area contributed by atoms with Crippen LogP contribution < -0.4 is 14.2 Å². The number of hydrogen-bond donors (Lipinski definition) is 0. The van der Waals surface area contributed by atoms with Crippen LogP contribution in [0.2, 0.25) is 0 Å². The van der Waals surface area contributed by atoms with Gasteiger partial charge in [-0.3, -0.25) is 0 Å². The fourth-order valence-electron chi connectivity index (χ4n) is 4.58. The van der Waals surface area contributed by atoms with Crippen LogP contribution in [0.1, 0.15) is 27.0 Å². The minimum absolute atomic E-state index is 0.268. The summed E-state index contributed by atoms with van der Waals surface area (Å²) in [6.45, 7) is 0. The molecule has 0 aromatic heterocycles. The Morgan fingerprint density at radius 1 is 0.725 bits per heavy atom. The van der Waals surface area contributed by atoms with Gasteiger partial charge >= 0.3 is 193 Å². The molecule has 4 aromatic rings. The second kappa shape index (κ2) is 11.7. The van der Waals surface area contributed by atoms with Gasteiger partial charge in [-0.2, -0.15) is 0 Å². The Hall–Kier alpha value is -2.59.